The molecule has 0 amide bonds. The fourth-order valence-corrected chi connectivity index (χ4v) is 4.58. The van der Waals surface area contributed by atoms with Crippen LogP contribution in [0.15, 0.2) is 29.5 Å². The number of Topliss-reactive ketones (excluding diaryl/α,β-unsaturated/α-hetero) is 1. The van der Waals surface area contributed by atoms with Crippen molar-refractivity contribution < 1.29 is 14.3 Å². The van der Waals surface area contributed by atoms with E-state index in [9.17, 15) is 4.79 Å². The molecule has 0 saturated carbocycles. The lowest BCUT2D eigenvalue weighted by Crippen LogP contribution is -2.34. The SMILES string of the molecule is CC1(C)CC(=O)C2=C(C1)Nc1nc(=S)[nH]c(N)c1C2c1ccc2c(c1)OCO2. The number of anilines is 2. The molecule has 1 atom stereocenters. The number of nitrogens with one attached hydrogen (secondary N) is 2. The van der Waals surface area contributed by atoms with E-state index in [0.717, 1.165) is 28.8 Å². The van der Waals surface area contributed by atoms with Crippen molar-refractivity contribution in [1.29, 1.82) is 0 Å². The third kappa shape index (κ3) is 2.59. The van der Waals surface area contributed by atoms with Crippen LogP contribution < -0.4 is 20.5 Å². The average molecular weight is 396 g/mol. The monoisotopic (exact) mass is 396 g/mol. The predicted octanol–water partition coefficient (Wildman–Crippen LogP) is 3.65. The molecule has 1 aromatic heterocycles. The highest BCUT2D eigenvalue weighted by molar-refractivity contribution is 7.71. The number of allylic oxidation sites excluding steroid dienone is 2. The molecule has 0 spiro atoms. The van der Waals surface area contributed by atoms with Crippen molar-refractivity contribution in [3.8, 4) is 11.5 Å². The van der Waals surface area contributed by atoms with E-state index in [4.69, 9.17) is 27.4 Å². The zero-order valence-electron chi connectivity index (χ0n) is 15.6. The van der Waals surface area contributed by atoms with Crippen LogP contribution in [0.1, 0.15) is 43.7 Å². The summed E-state index contributed by atoms with van der Waals surface area (Å²) in [6, 6.07) is 5.73. The molecule has 1 aliphatic carbocycles. The van der Waals surface area contributed by atoms with Gasteiger partial charge in [0.05, 0.1) is 0 Å². The molecule has 28 heavy (non-hydrogen) atoms. The van der Waals surface area contributed by atoms with Gasteiger partial charge in [-0.15, -0.1) is 0 Å². The molecule has 5 rings (SSSR count). The van der Waals surface area contributed by atoms with Crippen molar-refractivity contribution in [1.82, 2.24) is 9.97 Å². The first-order valence-corrected chi connectivity index (χ1v) is 9.56. The molecule has 8 heteroatoms. The topological polar surface area (TPSA) is 102 Å². The summed E-state index contributed by atoms with van der Waals surface area (Å²) in [6.45, 7) is 4.39. The van der Waals surface area contributed by atoms with Crippen molar-refractivity contribution >= 4 is 29.6 Å². The van der Waals surface area contributed by atoms with Gasteiger partial charge in [0.1, 0.15) is 11.6 Å². The second-order valence-corrected chi connectivity index (χ2v) is 8.61. The van der Waals surface area contributed by atoms with Crippen molar-refractivity contribution in [2.24, 2.45) is 5.41 Å². The van der Waals surface area contributed by atoms with Gasteiger partial charge in [0, 0.05) is 29.2 Å². The summed E-state index contributed by atoms with van der Waals surface area (Å²) in [5, 5.41) is 3.34. The number of carbonyl (C=O) groups is 1. The predicted molar refractivity (Wildman–Crippen MR) is 107 cm³/mol. The van der Waals surface area contributed by atoms with Crippen molar-refractivity contribution in [2.45, 2.75) is 32.6 Å². The van der Waals surface area contributed by atoms with E-state index in [1.165, 1.54) is 0 Å². The van der Waals surface area contributed by atoms with Gasteiger partial charge in [0.25, 0.3) is 0 Å². The number of benzene rings is 1. The summed E-state index contributed by atoms with van der Waals surface area (Å²) in [5.74, 6) is 2.15. The Kier molecular flexibility index (Phi) is 3.58. The van der Waals surface area contributed by atoms with Crippen LogP contribution in [0.2, 0.25) is 0 Å². The lowest BCUT2D eigenvalue weighted by molar-refractivity contribution is -0.118. The first kappa shape index (κ1) is 17.2. The number of H-pyrrole nitrogens is 1. The van der Waals surface area contributed by atoms with Crippen molar-refractivity contribution in [3.63, 3.8) is 0 Å². The number of fused-ring (bicyclic) bond motifs is 2. The van der Waals surface area contributed by atoms with Crippen LogP contribution >= 0.6 is 12.2 Å². The average Bonchev–Trinajstić information content (AvgIpc) is 3.06. The number of nitrogens with zero attached hydrogens (tertiary/aromatic N) is 1. The highest BCUT2D eigenvalue weighted by atomic mass is 32.1. The minimum absolute atomic E-state index is 0.119. The highest BCUT2D eigenvalue weighted by Crippen LogP contribution is 2.50. The molecule has 4 N–H and O–H groups in total. The quantitative estimate of drug-likeness (QED) is 0.632. The molecule has 1 unspecified atom stereocenters. The van der Waals surface area contributed by atoms with E-state index in [1.807, 2.05) is 18.2 Å². The van der Waals surface area contributed by atoms with Gasteiger partial charge in [0.15, 0.2) is 22.1 Å². The first-order chi connectivity index (χ1) is 13.3. The van der Waals surface area contributed by atoms with E-state index in [1.54, 1.807) is 0 Å². The summed E-state index contributed by atoms with van der Waals surface area (Å²) >= 11 is 5.21. The fraction of sp³-hybridized carbons (Fsp3) is 0.350. The molecule has 2 aliphatic heterocycles. The van der Waals surface area contributed by atoms with E-state index >= 15 is 0 Å². The third-order valence-corrected chi connectivity index (χ3v) is 5.69. The number of aromatic nitrogens is 2. The molecule has 2 aromatic rings. The summed E-state index contributed by atoms with van der Waals surface area (Å²) < 4.78 is 11.3. The Labute approximate surface area is 167 Å². The van der Waals surface area contributed by atoms with E-state index in [2.05, 4.69) is 29.1 Å². The fourth-order valence-electron chi connectivity index (χ4n) is 4.38. The molecule has 144 valence electrons. The van der Waals surface area contributed by atoms with Crippen molar-refractivity contribution in [2.75, 3.05) is 17.8 Å². The molecule has 0 bridgehead atoms. The molecule has 0 fully saturated rings. The van der Waals surface area contributed by atoms with Gasteiger partial charge < -0.3 is 25.5 Å². The Balaban J connectivity index is 1.76. The van der Waals surface area contributed by atoms with Gasteiger partial charge in [0.2, 0.25) is 6.79 Å². The van der Waals surface area contributed by atoms with Gasteiger partial charge in [-0.2, -0.15) is 0 Å². The standard InChI is InChI=1S/C20H20N4O3S/c1-20(2)6-10-15(11(25)7-20)14(9-3-4-12-13(5-9)27-8-26-12)16-17(21)23-19(28)24-18(16)22-10/h3-5,14H,6-8H2,1-2H3,(H4,21,22,23,24,28). The molecule has 0 radical (unpaired) electrons. The summed E-state index contributed by atoms with van der Waals surface area (Å²) in [5.41, 5.74) is 9.47. The maximum atomic E-state index is 13.2. The number of hydrogen-bond donors (Lipinski definition) is 3. The summed E-state index contributed by atoms with van der Waals surface area (Å²) in [4.78, 5) is 20.6. The Bertz CT molecular complexity index is 1120. The minimum atomic E-state index is -0.344. The zero-order valence-corrected chi connectivity index (χ0v) is 16.4. The Morgan fingerprint density at radius 3 is 2.86 bits per heavy atom. The van der Waals surface area contributed by atoms with Crippen LogP contribution in [0.3, 0.4) is 0 Å². The number of ketones is 1. The normalized spacial score (nSPS) is 21.8. The Morgan fingerprint density at radius 1 is 1.25 bits per heavy atom. The number of ether oxygens (including phenoxy) is 2. The lowest BCUT2D eigenvalue weighted by atomic mass is 9.69. The smallest absolute Gasteiger partial charge is 0.231 e. The van der Waals surface area contributed by atoms with E-state index in [0.29, 0.717) is 34.3 Å². The Morgan fingerprint density at radius 2 is 2.04 bits per heavy atom. The number of aromatic amines is 1. The summed E-state index contributed by atoms with van der Waals surface area (Å²) in [6.07, 6.45) is 1.24. The number of carbonyl (C=O) groups excluding carboxylic acids is 1. The largest absolute Gasteiger partial charge is 0.454 e. The first-order valence-electron chi connectivity index (χ1n) is 9.15. The van der Waals surface area contributed by atoms with Crippen molar-refractivity contribution in [3.05, 3.63) is 45.4 Å². The zero-order chi connectivity index (χ0) is 19.6. The van der Waals surface area contributed by atoms with Gasteiger partial charge in [-0.1, -0.05) is 19.9 Å². The molecule has 0 saturated heterocycles. The second-order valence-electron chi connectivity index (χ2n) is 8.22. The van der Waals surface area contributed by atoms with Crippen LogP contribution in [-0.2, 0) is 4.79 Å². The van der Waals surface area contributed by atoms with Gasteiger partial charge in [-0.25, -0.2) is 4.98 Å². The molecule has 3 aliphatic rings. The minimum Gasteiger partial charge on any atom is -0.454 e. The molecule has 7 nitrogen and oxygen atoms in total. The second kappa shape index (κ2) is 5.81. The van der Waals surface area contributed by atoms with E-state index < -0.39 is 0 Å². The van der Waals surface area contributed by atoms with Crippen LogP contribution in [-0.4, -0.2) is 22.5 Å². The molecule has 1 aromatic carbocycles. The highest BCUT2D eigenvalue weighted by Gasteiger charge is 2.42. The van der Waals surface area contributed by atoms with Gasteiger partial charge >= 0.3 is 0 Å². The molecular weight excluding hydrogens is 376 g/mol. The van der Waals surface area contributed by atoms with Crippen LogP contribution in [0.25, 0.3) is 0 Å². The maximum Gasteiger partial charge on any atom is 0.231 e. The number of nitrogens with two attached hydrogens (primary N) is 1. The molecule has 3 heterocycles. The van der Waals surface area contributed by atoms with E-state index in [-0.39, 0.29) is 23.9 Å². The number of rotatable bonds is 1. The van der Waals surface area contributed by atoms with Crippen LogP contribution in [0, 0.1) is 10.2 Å². The van der Waals surface area contributed by atoms with Gasteiger partial charge in [-0.3, -0.25) is 4.79 Å². The van der Waals surface area contributed by atoms with Crippen LogP contribution in [0.4, 0.5) is 11.6 Å². The van der Waals surface area contributed by atoms with Crippen LogP contribution in [0.5, 0.6) is 11.5 Å². The Hall–Kier alpha value is -2.87. The molecular formula is C20H20N4O3S. The van der Waals surface area contributed by atoms with Gasteiger partial charge in [-0.05, 0) is 41.7 Å². The third-order valence-electron chi connectivity index (χ3n) is 5.50. The lowest BCUT2D eigenvalue weighted by Gasteiger charge is -2.39. The maximum absolute atomic E-state index is 13.2. The number of hydrogen-bond acceptors (Lipinski definition) is 7. The number of nitrogen functional groups attached to an aromatic ring is 1. The summed E-state index contributed by atoms with van der Waals surface area (Å²) in [7, 11) is 0.